The molecular weight excluding hydrogens is 304 g/mol. The fourth-order valence-electron chi connectivity index (χ4n) is 2.09. The number of hydrogen-bond acceptors (Lipinski definition) is 3. The van der Waals surface area contributed by atoms with Gasteiger partial charge in [-0.25, -0.2) is 4.98 Å². The standard InChI is InChI=1S/C15H13ClN4O2/c16-11-4-5-13-18-12(9-20(13)8-11)7-17-14(21)10-19-6-2-1-3-15(19)22/h1-6,8-9H,7,10H2,(H,17,21). The molecule has 1 amide bonds. The van der Waals surface area contributed by atoms with Crippen LogP contribution in [0.4, 0.5) is 0 Å². The number of fused-ring (bicyclic) bond motifs is 1. The quantitative estimate of drug-likeness (QED) is 0.792. The molecule has 0 aliphatic heterocycles. The zero-order valence-electron chi connectivity index (χ0n) is 11.6. The lowest BCUT2D eigenvalue weighted by Gasteiger charge is -2.05. The normalized spacial score (nSPS) is 10.8. The van der Waals surface area contributed by atoms with Crippen LogP contribution in [0.15, 0.2) is 53.7 Å². The predicted octanol–water partition coefficient (Wildman–Crippen LogP) is 1.47. The van der Waals surface area contributed by atoms with Crippen molar-refractivity contribution < 1.29 is 4.79 Å². The number of hydrogen-bond donors (Lipinski definition) is 1. The number of halogens is 1. The molecule has 112 valence electrons. The topological polar surface area (TPSA) is 68.4 Å². The fraction of sp³-hybridized carbons (Fsp3) is 0.133. The van der Waals surface area contributed by atoms with Crippen LogP contribution in [0.2, 0.25) is 5.02 Å². The number of amides is 1. The van der Waals surface area contributed by atoms with E-state index in [0.29, 0.717) is 11.6 Å². The maximum Gasteiger partial charge on any atom is 0.250 e. The lowest BCUT2D eigenvalue weighted by Crippen LogP contribution is -2.31. The SMILES string of the molecule is O=C(Cn1ccccc1=O)NCc1cn2cc(Cl)ccc2n1. The van der Waals surface area contributed by atoms with E-state index < -0.39 is 0 Å². The van der Waals surface area contributed by atoms with Gasteiger partial charge in [-0.05, 0) is 18.2 Å². The smallest absolute Gasteiger partial charge is 0.250 e. The second-order valence-electron chi connectivity index (χ2n) is 4.79. The molecule has 3 heterocycles. The Morgan fingerprint density at radius 1 is 1.23 bits per heavy atom. The lowest BCUT2D eigenvalue weighted by atomic mass is 10.4. The van der Waals surface area contributed by atoms with Crippen molar-refractivity contribution in [3.05, 3.63) is 70.0 Å². The van der Waals surface area contributed by atoms with Gasteiger partial charge < -0.3 is 14.3 Å². The van der Waals surface area contributed by atoms with E-state index in [4.69, 9.17) is 11.6 Å². The summed E-state index contributed by atoms with van der Waals surface area (Å²) in [6.07, 6.45) is 5.13. The number of aromatic nitrogens is 3. The van der Waals surface area contributed by atoms with E-state index in [-0.39, 0.29) is 18.0 Å². The molecule has 0 unspecified atom stereocenters. The van der Waals surface area contributed by atoms with Gasteiger partial charge in [0.25, 0.3) is 5.56 Å². The summed E-state index contributed by atoms with van der Waals surface area (Å²) in [6, 6.07) is 8.32. The Morgan fingerprint density at radius 3 is 2.91 bits per heavy atom. The third kappa shape index (κ3) is 3.17. The Labute approximate surface area is 131 Å². The van der Waals surface area contributed by atoms with Crippen LogP contribution < -0.4 is 10.9 Å². The summed E-state index contributed by atoms with van der Waals surface area (Å²) in [5, 5.41) is 3.36. The Kier molecular flexibility index (Phi) is 3.93. The molecule has 0 aliphatic carbocycles. The van der Waals surface area contributed by atoms with Crippen LogP contribution >= 0.6 is 11.6 Å². The van der Waals surface area contributed by atoms with Gasteiger partial charge >= 0.3 is 0 Å². The van der Waals surface area contributed by atoms with Crippen LogP contribution in [0, 0.1) is 0 Å². The zero-order valence-corrected chi connectivity index (χ0v) is 12.3. The summed E-state index contributed by atoms with van der Waals surface area (Å²) in [6.45, 7) is 0.276. The van der Waals surface area contributed by atoms with Crippen molar-refractivity contribution in [2.45, 2.75) is 13.1 Å². The van der Waals surface area contributed by atoms with Crippen LogP contribution in [0.1, 0.15) is 5.69 Å². The lowest BCUT2D eigenvalue weighted by molar-refractivity contribution is -0.121. The first-order chi connectivity index (χ1) is 10.6. The summed E-state index contributed by atoms with van der Waals surface area (Å²) in [7, 11) is 0. The second kappa shape index (κ2) is 6.03. The summed E-state index contributed by atoms with van der Waals surface area (Å²) < 4.78 is 3.14. The van der Waals surface area contributed by atoms with Gasteiger partial charge in [0.1, 0.15) is 12.2 Å². The van der Waals surface area contributed by atoms with Gasteiger partial charge in [0.05, 0.1) is 17.3 Å². The highest BCUT2D eigenvalue weighted by molar-refractivity contribution is 6.30. The van der Waals surface area contributed by atoms with E-state index >= 15 is 0 Å². The van der Waals surface area contributed by atoms with Crippen molar-refractivity contribution in [2.24, 2.45) is 0 Å². The molecule has 0 saturated carbocycles. The second-order valence-corrected chi connectivity index (χ2v) is 5.22. The number of rotatable bonds is 4. The van der Waals surface area contributed by atoms with Gasteiger partial charge in [0.2, 0.25) is 5.91 Å². The predicted molar refractivity (Wildman–Crippen MR) is 82.8 cm³/mol. The Hall–Kier alpha value is -2.60. The first kappa shape index (κ1) is 14.3. The molecule has 0 radical (unpaired) electrons. The molecule has 3 aromatic heterocycles. The number of nitrogens with zero attached hydrogens (tertiary/aromatic N) is 3. The molecule has 0 aromatic carbocycles. The molecule has 0 bridgehead atoms. The van der Waals surface area contributed by atoms with Gasteiger partial charge in [-0.3, -0.25) is 9.59 Å². The number of nitrogens with one attached hydrogen (secondary N) is 1. The minimum atomic E-state index is -0.247. The number of pyridine rings is 2. The van der Waals surface area contributed by atoms with E-state index in [2.05, 4.69) is 10.3 Å². The molecule has 22 heavy (non-hydrogen) atoms. The average molecular weight is 317 g/mol. The van der Waals surface area contributed by atoms with Crippen LogP contribution in [-0.4, -0.2) is 19.9 Å². The first-order valence-electron chi connectivity index (χ1n) is 6.67. The third-order valence-corrected chi connectivity index (χ3v) is 3.37. The van der Waals surface area contributed by atoms with Gasteiger partial charge in [0, 0.05) is 24.7 Å². The minimum Gasteiger partial charge on any atom is -0.349 e. The molecule has 0 atom stereocenters. The highest BCUT2D eigenvalue weighted by Gasteiger charge is 2.06. The van der Waals surface area contributed by atoms with Gasteiger partial charge in [-0.15, -0.1) is 0 Å². The highest BCUT2D eigenvalue weighted by atomic mass is 35.5. The van der Waals surface area contributed by atoms with Crippen molar-refractivity contribution in [1.82, 2.24) is 19.3 Å². The largest absolute Gasteiger partial charge is 0.349 e. The van der Waals surface area contributed by atoms with Crippen molar-refractivity contribution >= 4 is 23.2 Å². The Bertz CT molecular complexity index is 884. The van der Waals surface area contributed by atoms with Gasteiger partial charge in [-0.1, -0.05) is 17.7 Å². The zero-order chi connectivity index (χ0) is 15.5. The molecule has 7 heteroatoms. The summed E-state index contributed by atoms with van der Waals surface area (Å²) >= 11 is 5.91. The van der Waals surface area contributed by atoms with E-state index in [1.54, 1.807) is 47.3 Å². The van der Waals surface area contributed by atoms with Gasteiger partial charge in [0.15, 0.2) is 0 Å². The molecule has 3 rings (SSSR count). The first-order valence-corrected chi connectivity index (χ1v) is 7.05. The number of imidazole rings is 1. The van der Waals surface area contributed by atoms with Crippen LogP contribution in [-0.2, 0) is 17.9 Å². The Morgan fingerprint density at radius 2 is 2.09 bits per heavy atom. The highest BCUT2D eigenvalue weighted by Crippen LogP contribution is 2.11. The molecule has 1 N–H and O–H groups in total. The number of carbonyl (C=O) groups is 1. The van der Waals surface area contributed by atoms with E-state index in [9.17, 15) is 9.59 Å². The van der Waals surface area contributed by atoms with Crippen LogP contribution in [0.5, 0.6) is 0 Å². The van der Waals surface area contributed by atoms with Crippen LogP contribution in [0.25, 0.3) is 5.65 Å². The molecule has 0 fully saturated rings. The molecule has 3 aromatic rings. The van der Waals surface area contributed by atoms with Crippen molar-refractivity contribution in [2.75, 3.05) is 0 Å². The third-order valence-electron chi connectivity index (χ3n) is 3.14. The van der Waals surface area contributed by atoms with Gasteiger partial charge in [-0.2, -0.15) is 0 Å². The van der Waals surface area contributed by atoms with Crippen molar-refractivity contribution in [3.63, 3.8) is 0 Å². The monoisotopic (exact) mass is 316 g/mol. The van der Waals surface area contributed by atoms with E-state index in [1.807, 2.05) is 0 Å². The summed E-state index contributed by atoms with van der Waals surface area (Å²) in [5.74, 6) is -0.247. The molecule has 0 aliphatic rings. The molecule has 6 nitrogen and oxygen atoms in total. The fourth-order valence-corrected chi connectivity index (χ4v) is 2.26. The summed E-state index contributed by atoms with van der Waals surface area (Å²) in [5.41, 5.74) is 1.27. The van der Waals surface area contributed by atoms with E-state index in [0.717, 1.165) is 11.3 Å². The molecule has 0 spiro atoms. The van der Waals surface area contributed by atoms with Crippen molar-refractivity contribution in [3.8, 4) is 0 Å². The Balaban J connectivity index is 1.65. The maximum absolute atomic E-state index is 11.9. The molecular formula is C15H13ClN4O2. The molecule has 0 saturated heterocycles. The number of carbonyl (C=O) groups excluding carboxylic acids is 1. The van der Waals surface area contributed by atoms with E-state index in [1.165, 1.54) is 10.6 Å². The summed E-state index contributed by atoms with van der Waals surface area (Å²) in [4.78, 5) is 27.8. The average Bonchev–Trinajstić information content (AvgIpc) is 2.89. The van der Waals surface area contributed by atoms with Crippen molar-refractivity contribution in [1.29, 1.82) is 0 Å². The maximum atomic E-state index is 11.9. The van der Waals surface area contributed by atoms with Crippen LogP contribution in [0.3, 0.4) is 0 Å². The minimum absolute atomic E-state index is 0.0150.